The van der Waals surface area contributed by atoms with Crippen molar-refractivity contribution in [2.45, 2.75) is 6.10 Å². The van der Waals surface area contributed by atoms with Crippen molar-refractivity contribution >= 4 is 24.4 Å². The second-order valence-corrected chi connectivity index (χ2v) is 9.23. The van der Waals surface area contributed by atoms with Crippen molar-refractivity contribution in [2.24, 2.45) is 5.92 Å². The molecule has 0 aromatic heterocycles. The molecule has 0 aliphatic heterocycles. The zero-order valence-electron chi connectivity index (χ0n) is 16.3. The number of carbonyl (C=O) groups excluding carboxylic acids is 1. The fourth-order valence-corrected chi connectivity index (χ4v) is 5.83. The molecule has 0 spiro atoms. The van der Waals surface area contributed by atoms with Gasteiger partial charge in [-0.3, -0.25) is 4.79 Å². The van der Waals surface area contributed by atoms with E-state index in [1.165, 1.54) is 10.6 Å². The fraction of sp³-hybridized carbons (Fsp3) is 0.208. The molecule has 1 N–H and O–H groups in total. The number of carbonyl (C=O) groups is 1. The average Bonchev–Trinajstić information content (AvgIpc) is 2.75. The molecule has 2 atom stereocenters. The van der Waals surface area contributed by atoms with Gasteiger partial charge in [0.2, 0.25) is 5.91 Å². The molecule has 0 saturated carbocycles. The molecule has 144 valence electrons. The van der Waals surface area contributed by atoms with E-state index in [-0.39, 0.29) is 5.91 Å². The van der Waals surface area contributed by atoms with Gasteiger partial charge in [-0.1, -0.05) is 91.0 Å². The molecule has 0 saturated heterocycles. The molecular formula is C24H26NO2P. The van der Waals surface area contributed by atoms with Crippen LogP contribution in [-0.4, -0.2) is 36.2 Å². The van der Waals surface area contributed by atoms with Crippen molar-refractivity contribution in [1.82, 2.24) is 4.90 Å². The number of aliphatic hydroxyl groups is 1. The Hall–Kier alpha value is -2.48. The number of aliphatic hydroxyl groups excluding tert-OH is 1. The van der Waals surface area contributed by atoms with Gasteiger partial charge in [0, 0.05) is 14.1 Å². The van der Waals surface area contributed by atoms with Crippen LogP contribution >= 0.6 is 7.92 Å². The standard InChI is InChI=1S/C24H26NO2P/c1-25(2)24(27)22(23(26)19-12-6-3-7-13-19)18-28(20-14-8-4-9-15-20)21-16-10-5-11-17-21/h3-17,22-23,26H,18H2,1-2H3. The molecule has 0 heterocycles. The predicted octanol–water partition coefficient (Wildman–Crippen LogP) is 3.56. The number of rotatable bonds is 7. The van der Waals surface area contributed by atoms with E-state index in [4.69, 9.17) is 0 Å². The first-order valence-corrected chi connectivity index (χ1v) is 10.9. The van der Waals surface area contributed by atoms with Gasteiger partial charge in [0.05, 0.1) is 12.0 Å². The van der Waals surface area contributed by atoms with Crippen molar-refractivity contribution in [2.75, 3.05) is 20.3 Å². The first-order valence-electron chi connectivity index (χ1n) is 9.39. The molecular weight excluding hydrogens is 365 g/mol. The van der Waals surface area contributed by atoms with Crippen LogP contribution in [0.15, 0.2) is 91.0 Å². The van der Waals surface area contributed by atoms with E-state index in [1.807, 2.05) is 66.7 Å². The summed E-state index contributed by atoms with van der Waals surface area (Å²) in [7, 11) is 2.72. The Morgan fingerprint density at radius 2 is 1.25 bits per heavy atom. The zero-order valence-corrected chi connectivity index (χ0v) is 17.2. The molecule has 28 heavy (non-hydrogen) atoms. The van der Waals surface area contributed by atoms with Crippen LogP contribution in [-0.2, 0) is 4.79 Å². The molecule has 0 fully saturated rings. The summed E-state index contributed by atoms with van der Waals surface area (Å²) in [6, 6.07) is 30.1. The van der Waals surface area contributed by atoms with E-state index in [0.717, 1.165) is 5.56 Å². The third-order valence-electron chi connectivity index (χ3n) is 4.80. The van der Waals surface area contributed by atoms with E-state index in [2.05, 4.69) is 24.3 Å². The van der Waals surface area contributed by atoms with Crippen LogP contribution in [0.3, 0.4) is 0 Å². The van der Waals surface area contributed by atoms with Crippen LogP contribution in [0.25, 0.3) is 0 Å². The van der Waals surface area contributed by atoms with Crippen molar-refractivity contribution < 1.29 is 9.90 Å². The maximum atomic E-state index is 13.0. The molecule has 1 amide bonds. The minimum absolute atomic E-state index is 0.0456. The molecule has 4 heteroatoms. The van der Waals surface area contributed by atoms with Crippen LogP contribution in [0.5, 0.6) is 0 Å². The molecule has 0 radical (unpaired) electrons. The summed E-state index contributed by atoms with van der Waals surface area (Å²) in [5.41, 5.74) is 0.777. The van der Waals surface area contributed by atoms with Gasteiger partial charge < -0.3 is 10.0 Å². The minimum atomic E-state index is -0.839. The minimum Gasteiger partial charge on any atom is -0.388 e. The number of hydrogen-bond acceptors (Lipinski definition) is 2. The molecule has 2 unspecified atom stereocenters. The third-order valence-corrected chi connectivity index (χ3v) is 7.40. The third kappa shape index (κ3) is 4.86. The molecule has 3 aromatic rings. The summed E-state index contributed by atoms with van der Waals surface area (Å²) in [4.78, 5) is 14.6. The SMILES string of the molecule is CN(C)C(=O)C(CP(c1ccccc1)c1ccccc1)C(O)c1ccccc1. The fourth-order valence-electron chi connectivity index (χ4n) is 3.30. The Morgan fingerprint density at radius 3 is 1.68 bits per heavy atom. The van der Waals surface area contributed by atoms with Crippen LogP contribution < -0.4 is 10.6 Å². The van der Waals surface area contributed by atoms with Crippen LogP contribution in [0, 0.1) is 5.92 Å². The van der Waals surface area contributed by atoms with Crippen LogP contribution in [0.2, 0.25) is 0 Å². The lowest BCUT2D eigenvalue weighted by Gasteiger charge is -2.29. The van der Waals surface area contributed by atoms with Gasteiger partial charge in [-0.25, -0.2) is 0 Å². The largest absolute Gasteiger partial charge is 0.388 e. The highest BCUT2D eigenvalue weighted by Crippen LogP contribution is 2.40. The lowest BCUT2D eigenvalue weighted by molar-refractivity contribution is -0.135. The topological polar surface area (TPSA) is 40.5 Å². The first-order chi connectivity index (χ1) is 13.6. The molecule has 3 rings (SSSR count). The number of hydrogen-bond donors (Lipinski definition) is 1. The van der Waals surface area contributed by atoms with Crippen molar-refractivity contribution in [3.63, 3.8) is 0 Å². The number of nitrogens with zero attached hydrogens (tertiary/aromatic N) is 1. The van der Waals surface area contributed by atoms with Crippen molar-refractivity contribution in [1.29, 1.82) is 0 Å². The van der Waals surface area contributed by atoms with Crippen molar-refractivity contribution in [3.8, 4) is 0 Å². The first kappa shape index (κ1) is 20.3. The zero-order chi connectivity index (χ0) is 19.9. The average molecular weight is 391 g/mol. The maximum absolute atomic E-state index is 13.0. The lowest BCUT2D eigenvalue weighted by atomic mass is 9.96. The van der Waals surface area contributed by atoms with Gasteiger partial charge in [-0.15, -0.1) is 0 Å². The lowest BCUT2D eigenvalue weighted by Crippen LogP contribution is -2.36. The summed E-state index contributed by atoms with van der Waals surface area (Å²) in [6.45, 7) is 0. The van der Waals surface area contributed by atoms with E-state index in [9.17, 15) is 9.90 Å². The van der Waals surface area contributed by atoms with E-state index in [1.54, 1.807) is 19.0 Å². The van der Waals surface area contributed by atoms with Gasteiger partial charge >= 0.3 is 0 Å². The normalized spacial score (nSPS) is 13.1. The Morgan fingerprint density at radius 1 is 0.821 bits per heavy atom. The van der Waals surface area contributed by atoms with E-state index >= 15 is 0 Å². The smallest absolute Gasteiger partial charge is 0.228 e. The Labute approximate surface area is 168 Å². The Balaban J connectivity index is 1.99. The van der Waals surface area contributed by atoms with Crippen LogP contribution in [0.1, 0.15) is 11.7 Å². The summed E-state index contributed by atoms with van der Waals surface area (Å²) in [5.74, 6) is -0.556. The van der Waals surface area contributed by atoms with E-state index in [0.29, 0.717) is 6.16 Å². The quantitative estimate of drug-likeness (QED) is 0.626. The molecule has 3 nitrogen and oxygen atoms in total. The summed E-state index contributed by atoms with van der Waals surface area (Å²) in [5, 5.41) is 13.5. The second kappa shape index (κ2) is 9.64. The summed E-state index contributed by atoms with van der Waals surface area (Å²) < 4.78 is 0. The van der Waals surface area contributed by atoms with Gasteiger partial charge in [0.25, 0.3) is 0 Å². The predicted molar refractivity (Wildman–Crippen MR) is 118 cm³/mol. The molecule has 3 aromatic carbocycles. The highest BCUT2D eigenvalue weighted by molar-refractivity contribution is 7.73. The second-order valence-electron chi connectivity index (χ2n) is 6.98. The molecule has 0 aliphatic rings. The molecule has 0 aliphatic carbocycles. The highest BCUT2D eigenvalue weighted by atomic mass is 31.1. The van der Waals surface area contributed by atoms with Gasteiger partial charge in [-0.2, -0.15) is 0 Å². The van der Waals surface area contributed by atoms with Gasteiger partial charge in [0.15, 0.2) is 0 Å². The Kier molecular flexibility index (Phi) is 6.97. The van der Waals surface area contributed by atoms with E-state index < -0.39 is 19.9 Å². The number of amides is 1. The van der Waals surface area contributed by atoms with Gasteiger partial charge in [-0.05, 0) is 30.3 Å². The monoisotopic (exact) mass is 391 g/mol. The maximum Gasteiger partial charge on any atom is 0.228 e. The highest BCUT2D eigenvalue weighted by Gasteiger charge is 2.32. The summed E-state index contributed by atoms with van der Waals surface area (Å²) in [6.07, 6.45) is -0.246. The number of benzene rings is 3. The molecule has 0 bridgehead atoms. The van der Waals surface area contributed by atoms with Crippen LogP contribution in [0.4, 0.5) is 0 Å². The van der Waals surface area contributed by atoms with Crippen molar-refractivity contribution in [3.05, 3.63) is 96.6 Å². The summed E-state index contributed by atoms with van der Waals surface area (Å²) >= 11 is 0. The Bertz CT molecular complexity index is 829. The van der Waals surface area contributed by atoms with Gasteiger partial charge in [0.1, 0.15) is 0 Å².